The Balaban J connectivity index is 1.46. The second-order valence-corrected chi connectivity index (χ2v) is 12.7. The highest BCUT2D eigenvalue weighted by Crippen LogP contribution is 2.68. The summed E-state index contributed by atoms with van der Waals surface area (Å²) in [4.78, 5) is 26.3. The van der Waals surface area contributed by atoms with Crippen molar-refractivity contribution in [1.29, 1.82) is 0 Å². The zero-order valence-electron chi connectivity index (χ0n) is 24.2. The smallest absolute Gasteiger partial charge is 0.320 e. The Hall–Kier alpha value is -3.54. The molecule has 2 aromatic heterocycles. The molecular formula is C30H36F4N6O2. The van der Waals surface area contributed by atoms with Crippen molar-refractivity contribution in [3.8, 4) is 0 Å². The van der Waals surface area contributed by atoms with Crippen molar-refractivity contribution < 1.29 is 22.4 Å². The molecule has 0 radical (unpaired) electrons. The standard InChI is InChI=1S/C30H36F4N6O2/c1-18(2)11-35-12-20-7-22(26(42)40(13-20)16-30(32,33)34)25(41)37-24-8-21(5-6-23(24)31)29(27-38-36-17-39(27)4)14-28(15-29)9-19(3)10-28/h5-8,13,17-19,35H,9-12,14-16H2,1-4H3,(H,37,41). The molecule has 0 saturated heterocycles. The highest BCUT2D eigenvalue weighted by molar-refractivity contribution is 6.04. The van der Waals surface area contributed by atoms with E-state index in [1.54, 1.807) is 18.5 Å². The minimum Gasteiger partial charge on any atom is -0.320 e. The van der Waals surface area contributed by atoms with Crippen LogP contribution < -0.4 is 16.2 Å². The van der Waals surface area contributed by atoms with E-state index in [9.17, 15) is 22.8 Å². The van der Waals surface area contributed by atoms with Gasteiger partial charge in [0, 0.05) is 19.8 Å². The Kier molecular flexibility index (Phi) is 7.80. The van der Waals surface area contributed by atoms with E-state index in [1.807, 2.05) is 25.5 Å². The second-order valence-electron chi connectivity index (χ2n) is 12.7. The number of halogens is 4. The highest BCUT2D eigenvalue weighted by Gasteiger charge is 2.62. The number of anilines is 1. The maximum atomic E-state index is 15.1. The fraction of sp³-hybridized carbons (Fsp3) is 0.533. The van der Waals surface area contributed by atoms with Gasteiger partial charge in [0.25, 0.3) is 11.5 Å². The molecule has 8 nitrogen and oxygen atoms in total. The number of carbonyl (C=O) groups is 1. The van der Waals surface area contributed by atoms with Gasteiger partial charge >= 0.3 is 6.18 Å². The average Bonchev–Trinajstić information content (AvgIpc) is 3.28. The van der Waals surface area contributed by atoms with Gasteiger partial charge in [-0.2, -0.15) is 13.2 Å². The van der Waals surface area contributed by atoms with Crippen molar-refractivity contribution in [2.75, 3.05) is 11.9 Å². The minimum atomic E-state index is -4.67. The van der Waals surface area contributed by atoms with Crippen LogP contribution in [0.25, 0.3) is 0 Å². The number of hydrogen-bond acceptors (Lipinski definition) is 5. The first-order valence-electron chi connectivity index (χ1n) is 14.2. The first kappa shape index (κ1) is 29.9. The summed E-state index contributed by atoms with van der Waals surface area (Å²) in [7, 11) is 1.85. The highest BCUT2D eigenvalue weighted by atomic mass is 19.4. The molecule has 3 aromatic rings. The summed E-state index contributed by atoms with van der Waals surface area (Å²) in [5, 5.41) is 14.0. The zero-order chi connectivity index (χ0) is 30.4. The van der Waals surface area contributed by atoms with Gasteiger partial charge in [-0.25, -0.2) is 4.39 Å². The number of aryl methyl sites for hydroxylation is 1. The number of alkyl halides is 3. The van der Waals surface area contributed by atoms with Crippen LogP contribution in [0.5, 0.6) is 0 Å². The lowest BCUT2D eigenvalue weighted by Crippen LogP contribution is -2.57. The minimum absolute atomic E-state index is 0.154. The van der Waals surface area contributed by atoms with Gasteiger partial charge < -0.3 is 19.8 Å². The number of benzene rings is 1. The number of nitrogens with zero attached hydrogens (tertiary/aromatic N) is 4. The van der Waals surface area contributed by atoms with Gasteiger partial charge in [-0.05, 0) is 78.8 Å². The van der Waals surface area contributed by atoms with E-state index in [0.29, 0.717) is 22.6 Å². The number of nitrogens with one attached hydrogen (secondary N) is 2. The van der Waals surface area contributed by atoms with E-state index in [-0.39, 0.29) is 23.6 Å². The molecule has 42 heavy (non-hydrogen) atoms. The fourth-order valence-electron chi connectivity index (χ4n) is 7.03. The molecule has 2 heterocycles. The first-order valence-corrected chi connectivity index (χ1v) is 14.2. The van der Waals surface area contributed by atoms with Gasteiger partial charge in [0.2, 0.25) is 0 Å². The third-order valence-corrected chi connectivity index (χ3v) is 8.44. The van der Waals surface area contributed by atoms with Crippen LogP contribution in [0.3, 0.4) is 0 Å². The molecule has 12 heteroatoms. The number of pyridine rings is 1. The van der Waals surface area contributed by atoms with E-state index in [4.69, 9.17) is 0 Å². The van der Waals surface area contributed by atoms with Crippen molar-refractivity contribution in [1.82, 2.24) is 24.6 Å². The molecule has 0 atom stereocenters. The maximum Gasteiger partial charge on any atom is 0.406 e. The molecule has 1 spiro atoms. The molecule has 2 aliphatic rings. The topological polar surface area (TPSA) is 93.8 Å². The number of aromatic nitrogens is 4. The van der Waals surface area contributed by atoms with Crippen LogP contribution in [-0.4, -0.2) is 38.0 Å². The van der Waals surface area contributed by atoms with Crippen molar-refractivity contribution in [2.24, 2.45) is 24.3 Å². The molecule has 1 aromatic carbocycles. The van der Waals surface area contributed by atoms with Crippen molar-refractivity contribution in [3.63, 3.8) is 0 Å². The van der Waals surface area contributed by atoms with Crippen LogP contribution in [0.2, 0.25) is 0 Å². The normalized spacial score (nSPS) is 23.6. The van der Waals surface area contributed by atoms with E-state index >= 15 is 4.39 Å². The maximum absolute atomic E-state index is 15.1. The molecule has 2 saturated carbocycles. The van der Waals surface area contributed by atoms with Gasteiger partial charge in [0.05, 0.1) is 11.1 Å². The quantitative estimate of drug-likeness (QED) is 0.337. The van der Waals surface area contributed by atoms with Crippen LogP contribution in [0.15, 0.2) is 41.6 Å². The van der Waals surface area contributed by atoms with Crippen LogP contribution in [0.4, 0.5) is 23.2 Å². The van der Waals surface area contributed by atoms with Crippen LogP contribution >= 0.6 is 0 Å². The molecule has 2 aliphatic carbocycles. The molecule has 2 fully saturated rings. The fourth-order valence-corrected chi connectivity index (χ4v) is 7.03. The van der Waals surface area contributed by atoms with Crippen molar-refractivity contribution in [2.45, 2.75) is 71.1 Å². The summed E-state index contributed by atoms with van der Waals surface area (Å²) < 4.78 is 57.2. The molecule has 0 unspecified atom stereocenters. The summed E-state index contributed by atoms with van der Waals surface area (Å²) in [5.74, 6) is -0.0381. The lowest BCUT2D eigenvalue weighted by atomic mass is 9.41. The van der Waals surface area contributed by atoms with Gasteiger partial charge in [0.1, 0.15) is 30.1 Å². The Labute approximate surface area is 241 Å². The number of hydrogen-bond donors (Lipinski definition) is 2. The van der Waals surface area contributed by atoms with E-state index in [2.05, 4.69) is 27.8 Å². The van der Waals surface area contributed by atoms with Crippen LogP contribution in [0.1, 0.15) is 73.8 Å². The lowest BCUT2D eigenvalue weighted by Gasteiger charge is -2.63. The lowest BCUT2D eigenvalue weighted by molar-refractivity contribution is -0.141. The summed E-state index contributed by atoms with van der Waals surface area (Å²) in [6.07, 6.45) is 1.86. The summed E-state index contributed by atoms with van der Waals surface area (Å²) in [6, 6.07) is 5.73. The summed E-state index contributed by atoms with van der Waals surface area (Å²) in [5.41, 5.74) is -1.02. The van der Waals surface area contributed by atoms with E-state index in [1.165, 1.54) is 12.1 Å². The van der Waals surface area contributed by atoms with E-state index in [0.717, 1.165) is 43.3 Å². The van der Waals surface area contributed by atoms with Gasteiger partial charge in [0.15, 0.2) is 0 Å². The summed E-state index contributed by atoms with van der Waals surface area (Å²) >= 11 is 0. The Morgan fingerprint density at radius 2 is 1.90 bits per heavy atom. The molecule has 1 amide bonds. The van der Waals surface area contributed by atoms with Gasteiger partial charge in [-0.15, -0.1) is 10.2 Å². The predicted molar refractivity (Wildman–Crippen MR) is 150 cm³/mol. The SMILES string of the molecule is CC(C)CNCc1cc(C(=O)Nc2cc(C3(c4nncn4C)CC4(CC(C)C4)C3)ccc2F)c(=O)n(CC(F)(F)F)c1. The number of amides is 1. The van der Waals surface area contributed by atoms with Gasteiger partial charge in [-0.3, -0.25) is 9.59 Å². The molecule has 5 rings (SSSR count). The molecular weight excluding hydrogens is 552 g/mol. The molecule has 0 bridgehead atoms. The Morgan fingerprint density at radius 1 is 1.19 bits per heavy atom. The number of rotatable bonds is 9. The van der Waals surface area contributed by atoms with Crippen LogP contribution in [-0.2, 0) is 25.6 Å². The third kappa shape index (κ3) is 5.86. The average molecular weight is 589 g/mol. The van der Waals surface area contributed by atoms with Gasteiger partial charge in [-0.1, -0.05) is 26.8 Å². The monoisotopic (exact) mass is 588 g/mol. The molecule has 0 aliphatic heterocycles. The first-order chi connectivity index (χ1) is 19.7. The van der Waals surface area contributed by atoms with Crippen LogP contribution in [0, 0.1) is 23.1 Å². The van der Waals surface area contributed by atoms with Crippen molar-refractivity contribution in [3.05, 3.63) is 75.5 Å². The zero-order valence-corrected chi connectivity index (χ0v) is 24.2. The molecule has 2 N–H and O–H groups in total. The van der Waals surface area contributed by atoms with Crippen molar-refractivity contribution >= 4 is 11.6 Å². The Bertz CT molecular complexity index is 1530. The predicted octanol–water partition coefficient (Wildman–Crippen LogP) is 5.17. The number of carbonyl (C=O) groups excluding carboxylic acids is 1. The third-order valence-electron chi connectivity index (χ3n) is 8.44. The Morgan fingerprint density at radius 3 is 2.50 bits per heavy atom. The summed E-state index contributed by atoms with van der Waals surface area (Å²) in [6.45, 7) is 5.37. The largest absolute Gasteiger partial charge is 0.406 e. The molecule has 226 valence electrons. The van der Waals surface area contributed by atoms with E-state index < -0.39 is 41.0 Å². The second kappa shape index (κ2) is 10.9.